The number of amides is 1. The Balaban J connectivity index is 1.64. The number of rotatable bonds is 3. The van der Waals surface area contributed by atoms with Crippen LogP contribution in [0.3, 0.4) is 0 Å². The molecular formula is C21H26N3O2S+. The molecule has 1 saturated carbocycles. The van der Waals surface area contributed by atoms with Gasteiger partial charge in [0.05, 0.1) is 24.8 Å². The van der Waals surface area contributed by atoms with Gasteiger partial charge in [0, 0.05) is 17.9 Å². The SMILES string of the molecule is COc1ccccc1[C@H]1CC(=O)N2C[NH+](C3CCCCC3)CSC2=C1C#N. The molecule has 1 amide bonds. The third-order valence-electron chi connectivity index (χ3n) is 6.08. The first-order valence-electron chi connectivity index (χ1n) is 9.78. The van der Waals surface area contributed by atoms with Gasteiger partial charge in [-0.2, -0.15) is 5.26 Å². The van der Waals surface area contributed by atoms with Crippen molar-refractivity contribution < 1.29 is 14.4 Å². The van der Waals surface area contributed by atoms with Gasteiger partial charge >= 0.3 is 0 Å². The molecule has 1 aliphatic carbocycles. The van der Waals surface area contributed by atoms with Crippen LogP contribution in [0.4, 0.5) is 0 Å². The first kappa shape index (κ1) is 18.4. The van der Waals surface area contributed by atoms with Gasteiger partial charge in [0.1, 0.15) is 16.7 Å². The van der Waals surface area contributed by atoms with E-state index in [0.29, 0.717) is 24.7 Å². The Morgan fingerprint density at radius 1 is 1.26 bits per heavy atom. The number of para-hydroxylation sites is 1. The third kappa shape index (κ3) is 3.46. The van der Waals surface area contributed by atoms with Crippen molar-refractivity contribution in [2.24, 2.45) is 0 Å². The van der Waals surface area contributed by atoms with Gasteiger partial charge in [-0.15, -0.1) is 0 Å². The minimum absolute atomic E-state index is 0.125. The van der Waals surface area contributed by atoms with Crippen LogP contribution in [-0.2, 0) is 4.79 Å². The largest absolute Gasteiger partial charge is 0.496 e. The third-order valence-corrected chi connectivity index (χ3v) is 7.31. The fourth-order valence-corrected chi connectivity index (χ4v) is 5.94. The lowest BCUT2D eigenvalue weighted by Gasteiger charge is -2.42. The molecule has 2 fully saturated rings. The van der Waals surface area contributed by atoms with E-state index in [-0.39, 0.29) is 11.8 Å². The van der Waals surface area contributed by atoms with Gasteiger partial charge in [0.15, 0.2) is 6.67 Å². The number of allylic oxidation sites excluding steroid dienone is 1. The van der Waals surface area contributed by atoms with E-state index in [9.17, 15) is 10.1 Å². The average Bonchev–Trinajstić information content (AvgIpc) is 2.74. The normalized spacial score (nSPS) is 26.5. The minimum Gasteiger partial charge on any atom is -0.496 e. The van der Waals surface area contributed by atoms with Crippen LogP contribution in [0.2, 0.25) is 0 Å². The summed E-state index contributed by atoms with van der Waals surface area (Å²) in [5.41, 5.74) is 1.64. The maximum Gasteiger partial charge on any atom is 0.232 e. The highest BCUT2D eigenvalue weighted by Gasteiger charge is 2.42. The van der Waals surface area contributed by atoms with Crippen LogP contribution in [0, 0.1) is 11.3 Å². The van der Waals surface area contributed by atoms with Crippen molar-refractivity contribution in [1.82, 2.24) is 4.90 Å². The Hall–Kier alpha value is -1.97. The van der Waals surface area contributed by atoms with E-state index in [2.05, 4.69) is 6.07 Å². The van der Waals surface area contributed by atoms with Gasteiger partial charge in [-0.1, -0.05) is 24.6 Å². The molecule has 27 heavy (non-hydrogen) atoms. The molecule has 3 aliphatic rings. The summed E-state index contributed by atoms with van der Waals surface area (Å²) >= 11 is 1.68. The minimum atomic E-state index is -0.214. The highest BCUT2D eigenvalue weighted by molar-refractivity contribution is 8.02. The fourth-order valence-electron chi connectivity index (χ4n) is 4.62. The van der Waals surface area contributed by atoms with Crippen LogP contribution >= 0.6 is 11.8 Å². The quantitative estimate of drug-likeness (QED) is 0.870. The van der Waals surface area contributed by atoms with Gasteiger partial charge in [0.25, 0.3) is 0 Å². The molecule has 1 saturated heterocycles. The lowest BCUT2D eigenvalue weighted by Crippen LogP contribution is -3.17. The molecule has 0 bridgehead atoms. The van der Waals surface area contributed by atoms with Gasteiger partial charge in [-0.05, 0) is 43.5 Å². The van der Waals surface area contributed by atoms with Gasteiger partial charge in [-0.3, -0.25) is 9.69 Å². The second kappa shape index (κ2) is 7.95. The highest BCUT2D eigenvalue weighted by atomic mass is 32.2. The molecule has 2 heterocycles. The Labute approximate surface area is 165 Å². The number of fused-ring (bicyclic) bond motifs is 1. The van der Waals surface area contributed by atoms with E-state index in [0.717, 1.165) is 22.2 Å². The monoisotopic (exact) mass is 384 g/mol. The fraction of sp³-hybridized carbons (Fsp3) is 0.524. The van der Waals surface area contributed by atoms with Crippen molar-refractivity contribution >= 4 is 17.7 Å². The number of nitriles is 1. The molecule has 4 rings (SSSR count). The van der Waals surface area contributed by atoms with Crippen LogP contribution in [0.15, 0.2) is 34.9 Å². The number of hydrogen-bond acceptors (Lipinski definition) is 4. The topological polar surface area (TPSA) is 57.8 Å². The molecule has 5 nitrogen and oxygen atoms in total. The van der Waals surface area contributed by atoms with Gasteiger partial charge in [0.2, 0.25) is 5.91 Å². The number of nitrogens with one attached hydrogen (secondary N) is 1. The van der Waals surface area contributed by atoms with Crippen molar-refractivity contribution in [2.75, 3.05) is 19.7 Å². The van der Waals surface area contributed by atoms with E-state index in [4.69, 9.17) is 4.74 Å². The summed E-state index contributed by atoms with van der Waals surface area (Å²) in [5, 5.41) is 10.8. The average molecular weight is 385 g/mol. The second-order valence-corrected chi connectivity index (χ2v) is 8.56. The highest BCUT2D eigenvalue weighted by Crippen LogP contribution is 2.43. The summed E-state index contributed by atoms with van der Waals surface area (Å²) in [6, 6.07) is 10.8. The molecule has 1 N–H and O–H groups in total. The molecule has 2 aliphatic heterocycles. The summed E-state index contributed by atoms with van der Waals surface area (Å²) < 4.78 is 5.49. The number of thioether (sulfide) groups is 1. The van der Waals surface area contributed by atoms with Gasteiger partial charge < -0.3 is 9.64 Å². The first-order chi connectivity index (χ1) is 13.2. The molecule has 2 atom stereocenters. The summed E-state index contributed by atoms with van der Waals surface area (Å²) in [4.78, 5) is 16.4. The summed E-state index contributed by atoms with van der Waals surface area (Å²) in [6.45, 7) is 0.704. The Bertz CT molecular complexity index is 795. The van der Waals surface area contributed by atoms with Crippen LogP contribution in [0.25, 0.3) is 0 Å². The predicted octanol–water partition coefficient (Wildman–Crippen LogP) is 2.63. The maximum atomic E-state index is 13.0. The number of carbonyl (C=O) groups is 1. The number of nitrogens with zero attached hydrogens (tertiary/aromatic N) is 2. The summed E-state index contributed by atoms with van der Waals surface area (Å²) in [6.07, 6.45) is 6.79. The number of quaternary nitrogens is 1. The molecule has 142 valence electrons. The molecule has 1 aromatic rings. The number of hydrogen-bond donors (Lipinski definition) is 1. The van der Waals surface area contributed by atoms with Crippen LogP contribution in [0.1, 0.15) is 50.0 Å². The number of carbonyl (C=O) groups excluding carboxylic acids is 1. The van der Waals surface area contributed by atoms with E-state index in [1.54, 1.807) is 18.9 Å². The van der Waals surface area contributed by atoms with E-state index in [1.165, 1.54) is 37.0 Å². The van der Waals surface area contributed by atoms with E-state index in [1.807, 2.05) is 29.2 Å². The zero-order valence-corrected chi connectivity index (χ0v) is 16.6. The molecule has 0 aromatic heterocycles. The van der Waals surface area contributed by atoms with Crippen molar-refractivity contribution in [1.29, 1.82) is 5.26 Å². The van der Waals surface area contributed by atoms with Crippen molar-refractivity contribution in [3.05, 3.63) is 40.4 Å². The number of ether oxygens (including phenoxy) is 1. The van der Waals surface area contributed by atoms with Crippen molar-refractivity contribution in [3.8, 4) is 11.8 Å². The molecule has 0 radical (unpaired) electrons. The van der Waals surface area contributed by atoms with E-state index < -0.39 is 0 Å². The summed E-state index contributed by atoms with van der Waals surface area (Å²) in [7, 11) is 1.63. The summed E-state index contributed by atoms with van der Waals surface area (Å²) in [5.74, 6) is 1.59. The predicted molar refractivity (Wildman–Crippen MR) is 105 cm³/mol. The van der Waals surface area contributed by atoms with E-state index >= 15 is 0 Å². The zero-order chi connectivity index (χ0) is 18.8. The Kier molecular flexibility index (Phi) is 5.42. The lowest BCUT2D eigenvalue weighted by molar-refractivity contribution is -0.923. The smallest absolute Gasteiger partial charge is 0.232 e. The Morgan fingerprint density at radius 2 is 2.04 bits per heavy atom. The van der Waals surface area contributed by atoms with Crippen LogP contribution < -0.4 is 9.64 Å². The van der Waals surface area contributed by atoms with Crippen LogP contribution in [-0.4, -0.2) is 36.5 Å². The lowest BCUT2D eigenvalue weighted by atomic mass is 9.86. The Morgan fingerprint density at radius 3 is 2.78 bits per heavy atom. The molecular weight excluding hydrogens is 358 g/mol. The maximum absolute atomic E-state index is 13.0. The number of benzene rings is 1. The molecule has 0 spiro atoms. The van der Waals surface area contributed by atoms with Crippen molar-refractivity contribution in [3.63, 3.8) is 0 Å². The standard InChI is InChI=1S/C21H25N3O2S/c1-26-19-10-6-5-9-16(19)17-11-20(25)24-13-23(15-7-3-2-4-8-15)14-27-21(24)18(17)12-22/h5-6,9-10,15,17H,2-4,7-8,11,13-14H2,1H3/p+1/t17-/m1/s1. The first-order valence-corrected chi connectivity index (χ1v) is 10.8. The number of methoxy groups -OCH3 is 1. The van der Waals surface area contributed by atoms with Crippen molar-refractivity contribution in [2.45, 2.75) is 50.5 Å². The molecule has 1 aromatic carbocycles. The zero-order valence-electron chi connectivity index (χ0n) is 15.7. The molecule has 1 unspecified atom stereocenters. The molecule has 6 heteroatoms. The van der Waals surface area contributed by atoms with Gasteiger partial charge in [-0.25, -0.2) is 0 Å². The van der Waals surface area contributed by atoms with Crippen LogP contribution in [0.5, 0.6) is 5.75 Å². The second-order valence-electron chi connectivity index (χ2n) is 7.59.